The van der Waals surface area contributed by atoms with Gasteiger partial charge in [0.2, 0.25) is 0 Å². The Labute approximate surface area is 138 Å². The summed E-state index contributed by atoms with van der Waals surface area (Å²) in [6.07, 6.45) is 4.00. The Morgan fingerprint density at radius 2 is 1.35 bits per heavy atom. The van der Waals surface area contributed by atoms with E-state index in [0.29, 0.717) is 6.04 Å². The van der Waals surface area contributed by atoms with Crippen LogP contribution in [0.3, 0.4) is 0 Å². The van der Waals surface area contributed by atoms with Crippen LogP contribution in [0.2, 0.25) is 0 Å². The second-order valence-corrected chi connectivity index (χ2v) is 6.48. The van der Waals surface area contributed by atoms with Crippen LogP contribution in [0, 0.1) is 0 Å². The van der Waals surface area contributed by atoms with Gasteiger partial charge in [-0.15, -0.1) is 0 Å². The maximum absolute atomic E-state index is 2.67. The number of fused-ring (bicyclic) bond motifs is 1. The van der Waals surface area contributed by atoms with Gasteiger partial charge in [-0.3, -0.25) is 4.90 Å². The molecule has 23 heavy (non-hydrogen) atoms. The predicted octanol–water partition coefficient (Wildman–Crippen LogP) is 5.42. The Hall–Kier alpha value is -2.12. The Bertz CT molecular complexity index is 767. The molecule has 0 spiro atoms. The molecule has 4 rings (SSSR count). The first-order valence-electron chi connectivity index (χ1n) is 8.70. The molecule has 3 aromatic rings. The first-order valence-corrected chi connectivity index (χ1v) is 8.70. The Balaban J connectivity index is 1.86. The van der Waals surface area contributed by atoms with Crippen molar-refractivity contribution in [2.45, 2.75) is 25.3 Å². The average Bonchev–Trinajstić information content (AvgIpc) is 2.64. The van der Waals surface area contributed by atoms with E-state index < -0.39 is 0 Å². The van der Waals surface area contributed by atoms with Gasteiger partial charge in [0.15, 0.2) is 0 Å². The van der Waals surface area contributed by atoms with E-state index in [1.165, 1.54) is 54.3 Å². The molecule has 0 aromatic heterocycles. The van der Waals surface area contributed by atoms with Gasteiger partial charge in [0, 0.05) is 0 Å². The van der Waals surface area contributed by atoms with Crippen LogP contribution in [0.5, 0.6) is 0 Å². The van der Waals surface area contributed by atoms with E-state index in [0.717, 1.165) is 0 Å². The van der Waals surface area contributed by atoms with Crippen molar-refractivity contribution in [3.8, 4) is 0 Å². The standard InChI is InChI=1S/C22H23N/c1-3-11-19(12-4-1)22(23-16-7-2-8-17-23)21-15-9-13-18-10-5-6-14-20(18)21/h1,3-6,9-15,22H,2,7-8,16-17H2. The van der Waals surface area contributed by atoms with Crippen LogP contribution in [-0.2, 0) is 0 Å². The van der Waals surface area contributed by atoms with Crippen molar-refractivity contribution in [1.82, 2.24) is 4.90 Å². The van der Waals surface area contributed by atoms with E-state index in [9.17, 15) is 0 Å². The fraction of sp³-hybridized carbons (Fsp3) is 0.273. The lowest BCUT2D eigenvalue weighted by atomic mass is 9.91. The molecule has 0 saturated carbocycles. The zero-order valence-electron chi connectivity index (χ0n) is 13.5. The molecule has 0 radical (unpaired) electrons. The quantitative estimate of drug-likeness (QED) is 0.625. The molecule has 0 aliphatic carbocycles. The summed E-state index contributed by atoms with van der Waals surface area (Å²) in [7, 11) is 0. The zero-order valence-corrected chi connectivity index (χ0v) is 13.5. The van der Waals surface area contributed by atoms with Gasteiger partial charge in [-0.1, -0.05) is 79.2 Å². The van der Waals surface area contributed by atoms with Crippen molar-refractivity contribution in [3.05, 3.63) is 83.9 Å². The third-order valence-electron chi connectivity index (χ3n) is 4.99. The van der Waals surface area contributed by atoms with E-state index in [2.05, 4.69) is 77.7 Å². The third kappa shape index (κ3) is 2.89. The molecule has 1 heterocycles. The molecule has 3 aromatic carbocycles. The third-order valence-corrected chi connectivity index (χ3v) is 4.99. The highest BCUT2D eigenvalue weighted by atomic mass is 15.2. The normalized spacial score (nSPS) is 17.2. The van der Waals surface area contributed by atoms with Gasteiger partial charge >= 0.3 is 0 Å². The van der Waals surface area contributed by atoms with Gasteiger partial charge in [-0.2, -0.15) is 0 Å². The Kier molecular flexibility index (Phi) is 4.12. The summed E-state index contributed by atoms with van der Waals surface area (Å²) < 4.78 is 0. The Morgan fingerprint density at radius 1 is 0.652 bits per heavy atom. The predicted molar refractivity (Wildman–Crippen MR) is 97.7 cm³/mol. The lowest BCUT2D eigenvalue weighted by molar-refractivity contribution is 0.188. The molecular formula is C22H23N. The minimum Gasteiger partial charge on any atom is -0.292 e. The number of likely N-dealkylation sites (tertiary alicyclic amines) is 1. The number of rotatable bonds is 3. The second kappa shape index (κ2) is 6.55. The molecule has 1 heteroatoms. The summed E-state index contributed by atoms with van der Waals surface area (Å²) >= 11 is 0. The van der Waals surface area contributed by atoms with Gasteiger partial charge < -0.3 is 0 Å². The molecule has 1 aliphatic rings. The molecule has 1 fully saturated rings. The molecule has 0 N–H and O–H groups in total. The largest absolute Gasteiger partial charge is 0.292 e. The summed E-state index contributed by atoms with van der Waals surface area (Å²) in [5, 5.41) is 2.72. The van der Waals surface area contributed by atoms with Crippen molar-refractivity contribution in [3.63, 3.8) is 0 Å². The van der Waals surface area contributed by atoms with Crippen LogP contribution < -0.4 is 0 Å². The molecule has 1 unspecified atom stereocenters. The van der Waals surface area contributed by atoms with Crippen molar-refractivity contribution < 1.29 is 0 Å². The number of piperidine rings is 1. The average molecular weight is 301 g/mol. The fourth-order valence-corrected chi connectivity index (χ4v) is 3.89. The molecule has 0 amide bonds. The van der Waals surface area contributed by atoms with Crippen molar-refractivity contribution >= 4 is 10.8 Å². The first-order chi connectivity index (χ1) is 11.4. The first kappa shape index (κ1) is 14.5. The zero-order chi connectivity index (χ0) is 15.5. The summed E-state index contributed by atoms with van der Waals surface area (Å²) in [5.74, 6) is 0. The fourth-order valence-electron chi connectivity index (χ4n) is 3.89. The van der Waals surface area contributed by atoms with Crippen molar-refractivity contribution in [2.75, 3.05) is 13.1 Å². The molecule has 116 valence electrons. The second-order valence-electron chi connectivity index (χ2n) is 6.48. The summed E-state index contributed by atoms with van der Waals surface area (Å²) in [6, 6.07) is 26.9. The summed E-state index contributed by atoms with van der Waals surface area (Å²) in [4.78, 5) is 2.67. The van der Waals surface area contributed by atoms with Gasteiger partial charge in [0.1, 0.15) is 0 Å². The monoisotopic (exact) mass is 301 g/mol. The lowest BCUT2D eigenvalue weighted by Gasteiger charge is -2.35. The van der Waals surface area contributed by atoms with E-state index in [1.807, 2.05) is 0 Å². The van der Waals surface area contributed by atoms with Crippen molar-refractivity contribution in [1.29, 1.82) is 0 Å². The molecular weight excluding hydrogens is 278 g/mol. The van der Waals surface area contributed by atoms with Crippen LogP contribution in [0.25, 0.3) is 10.8 Å². The van der Waals surface area contributed by atoms with Crippen LogP contribution in [-0.4, -0.2) is 18.0 Å². The summed E-state index contributed by atoms with van der Waals surface area (Å²) in [5.41, 5.74) is 2.85. The molecule has 1 saturated heterocycles. The lowest BCUT2D eigenvalue weighted by Crippen LogP contribution is -2.34. The van der Waals surface area contributed by atoms with Crippen molar-refractivity contribution in [2.24, 2.45) is 0 Å². The smallest absolute Gasteiger partial charge is 0.0607 e. The van der Waals surface area contributed by atoms with Gasteiger partial charge in [0.05, 0.1) is 6.04 Å². The highest BCUT2D eigenvalue weighted by Gasteiger charge is 2.25. The number of benzene rings is 3. The van der Waals surface area contributed by atoms with E-state index in [4.69, 9.17) is 0 Å². The minimum atomic E-state index is 0.364. The number of nitrogens with zero attached hydrogens (tertiary/aromatic N) is 1. The molecule has 1 nitrogen and oxygen atoms in total. The summed E-state index contributed by atoms with van der Waals surface area (Å²) in [6.45, 7) is 2.39. The van der Waals surface area contributed by atoms with E-state index in [1.54, 1.807) is 0 Å². The molecule has 1 aliphatic heterocycles. The Morgan fingerprint density at radius 3 is 2.17 bits per heavy atom. The van der Waals surface area contributed by atoms with E-state index in [-0.39, 0.29) is 0 Å². The highest BCUT2D eigenvalue weighted by Crippen LogP contribution is 2.35. The van der Waals surface area contributed by atoms with Crippen LogP contribution >= 0.6 is 0 Å². The van der Waals surface area contributed by atoms with Gasteiger partial charge in [-0.05, 0) is 47.8 Å². The molecule has 1 atom stereocenters. The number of hydrogen-bond acceptors (Lipinski definition) is 1. The van der Waals surface area contributed by atoms with Crippen LogP contribution in [0.1, 0.15) is 36.4 Å². The topological polar surface area (TPSA) is 3.24 Å². The highest BCUT2D eigenvalue weighted by molar-refractivity contribution is 5.86. The minimum absolute atomic E-state index is 0.364. The molecule has 0 bridgehead atoms. The SMILES string of the molecule is c1ccc(C(c2cccc3ccccc23)N2CCCCC2)cc1. The van der Waals surface area contributed by atoms with Crippen LogP contribution in [0.4, 0.5) is 0 Å². The van der Waals surface area contributed by atoms with Gasteiger partial charge in [0.25, 0.3) is 0 Å². The maximum Gasteiger partial charge on any atom is 0.0607 e. The maximum atomic E-state index is 2.67. The van der Waals surface area contributed by atoms with Gasteiger partial charge in [-0.25, -0.2) is 0 Å². The van der Waals surface area contributed by atoms with Crippen LogP contribution in [0.15, 0.2) is 72.8 Å². The van der Waals surface area contributed by atoms with E-state index >= 15 is 0 Å². The number of hydrogen-bond donors (Lipinski definition) is 0.